The van der Waals surface area contributed by atoms with E-state index in [1.165, 1.54) is 30.9 Å². The fourth-order valence-corrected chi connectivity index (χ4v) is 4.67. The van der Waals surface area contributed by atoms with Crippen LogP contribution in [0, 0.1) is 5.82 Å². The van der Waals surface area contributed by atoms with Crippen molar-refractivity contribution in [1.29, 1.82) is 0 Å². The summed E-state index contributed by atoms with van der Waals surface area (Å²) in [7, 11) is 0. The number of nitrogens with zero attached hydrogens (tertiary/aromatic N) is 3. The van der Waals surface area contributed by atoms with Crippen LogP contribution < -0.4 is 0 Å². The van der Waals surface area contributed by atoms with Gasteiger partial charge in [0.2, 0.25) is 0 Å². The van der Waals surface area contributed by atoms with Crippen molar-refractivity contribution in [1.82, 2.24) is 14.7 Å². The molecule has 1 aliphatic heterocycles. The van der Waals surface area contributed by atoms with Crippen LogP contribution >= 0.6 is 0 Å². The lowest BCUT2D eigenvalue weighted by atomic mass is 10.0. The second kappa shape index (κ2) is 9.09. The van der Waals surface area contributed by atoms with Crippen LogP contribution in [0.5, 0.6) is 0 Å². The van der Waals surface area contributed by atoms with Crippen molar-refractivity contribution < 1.29 is 4.39 Å². The summed E-state index contributed by atoms with van der Waals surface area (Å²) in [5.41, 5.74) is 5.76. The van der Waals surface area contributed by atoms with E-state index in [2.05, 4.69) is 48.2 Å². The SMILES string of the molecule is CC1CCCCN1Cc1cnn(-c2ccc(-c3ccccc3)cc2)c1-c1ccccc1F. The number of rotatable bonds is 5. The standard InChI is InChI=1S/C28H28FN3/c1-21-9-7-8-18-31(21)20-24-19-30-32(28(24)26-12-5-6-13-27(26)29)25-16-14-23(15-17-25)22-10-3-2-4-11-22/h2-6,10-17,19,21H,7-9,18,20H2,1H3. The molecule has 0 N–H and O–H groups in total. The zero-order chi connectivity index (χ0) is 21.9. The molecule has 2 heterocycles. The molecule has 3 nitrogen and oxygen atoms in total. The fourth-order valence-electron chi connectivity index (χ4n) is 4.67. The minimum absolute atomic E-state index is 0.219. The third kappa shape index (κ3) is 4.11. The molecule has 5 rings (SSSR count). The van der Waals surface area contributed by atoms with Gasteiger partial charge in [0, 0.05) is 23.7 Å². The molecule has 32 heavy (non-hydrogen) atoms. The maximum absolute atomic E-state index is 14.9. The van der Waals surface area contributed by atoms with Crippen molar-refractivity contribution in [3.8, 4) is 28.1 Å². The fraction of sp³-hybridized carbons (Fsp3) is 0.250. The van der Waals surface area contributed by atoms with Crippen molar-refractivity contribution in [2.75, 3.05) is 6.54 Å². The minimum atomic E-state index is -0.219. The van der Waals surface area contributed by atoms with Gasteiger partial charge in [0.15, 0.2) is 0 Å². The molecule has 0 aliphatic carbocycles. The minimum Gasteiger partial charge on any atom is -0.296 e. The van der Waals surface area contributed by atoms with Crippen LogP contribution in [0.4, 0.5) is 4.39 Å². The van der Waals surface area contributed by atoms with E-state index >= 15 is 0 Å². The summed E-state index contributed by atoms with van der Waals surface area (Å²) in [5.74, 6) is -0.219. The lowest BCUT2D eigenvalue weighted by Gasteiger charge is -2.33. The maximum atomic E-state index is 14.9. The van der Waals surface area contributed by atoms with Gasteiger partial charge < -0.3 is 0 Å². The highest BCUT2D eigenvalue weighted by atomic mass is 19.1. The van der Waals surface area contributed by atoms with Crippen molar-refractivity contribution in [2.45, 2.75) is 38.8 Å². The van der Waals surface area contributed by atoms with Crippen LogP contribution in [-0.4, -0.2) is 27.3 Å². The van der Waals surface area contributed by atoms with Gasteiger partial charge in [0.1, 0.15) is 5.82 Å². The quantitative estimate of drug-likeness (QED) is 0.354. The first-order chi connectivity index (χ1) is 15.7. The van der Waals surface area contributed by atoms with Crippen LogP contribution in [0.2, 0.25) is 0 Å². The van der Waals surface area contributed by atoms with Crippen LogP contribution in [-0.2, 0) is 6.54 Å². The van der Waals surface area contributed by atoms with Crippen LogP contribution in [0.25, 0.3) is 28.1 Å². The molecule has 0 saturated carbocycles. The Kier molecular flexibility index (Phi) is 5.87. The molecule has 0 amide bonds. The Morgan fingerprint density at radius 3 is 2.34 bits per heavy atom. The molecule has 1 aliphatic rings. The summed E-state index contributed by atoms with van der Waals surface area (Å²) in [6.07, 6.45) is 5.62. The highest BCUT2D eigenvalue weighted by Crippen LogP contribution is 2.32. The number of hydrogen-bond donors (Lipinski definition) is 0. The largest absolute Gasteiger partial charge is 0.296 e. The van der Waals surface area contributed by atoms with Crippen molar-refractivity contribution in [2.24, 2.45) is 0 Å². The Morgan fingerprint density at radius 1 is 0.875 bits per heavy atom. The van der Waals surface area contributed by atoms with Gasteiger partial charge in [0.05, 0.1) is 17.6 Å². The van der Waals surface area contributed by atoms with Gasteiger partial charge in [0.25, 0.3) is 0 Å². The van der Waals surface area contributed by atoms with E-state index in [9.17, 15) is 4.39 Å². The molecule has 1 fully saturated rings. The van der Waals surface area contributed by atoms with Crippen LogP contribution in [0.15, 0.2) is 85.1 Å². The third-order valence-corrected chi connectivity index (χ3v) is 6.51. The van der Waals surface area contributed by atoms with Gasteiger partial charge >= 0.3 is 0 Å². The second-order valence-corrected chi connectivity index (χ2v) is 8.64. The summed E-state index contributed by atoms with van der Waals surface area (Å²) in [4.78, 5) is 2.49. The molecule has 1 atom stereocenters. The zero-order valence-corrected chi connectivity index (χ0v) is 18.4. The van der Waals surface area contributed by atoms with Crippen LogP contribution in [0.1, 0.15) is 31.7 Å². The number of likely N-dealkylation sites (tertiary alicyclic amines) is 1. The number of piperidine rings is 1. The molecule has 4 aromatic rings. The first-order valence-corrected chi connectivity index (χ1v) is 11.4. The van der Waals surface area contributed by atoms with Gasteiger partial charge in [-0.05, 0) is 61.7 Å². The molecule has 1 unspecified atom stereocenters. The number of hydrogen-bond acceptors (Lipinski definition) is 2. The Hall–Kier alpha value is -3.24. The van der Waals surface area contributed by atoms with Crippen molar-refractivity contribution in [3.05, 3.63) is 96.4 Å². The van der Waals surface area contributed by atoms with Gasteiger partial charge in [-0.2, -0.15) is 5.10 Å². The Balaban J connectivity index is 1.55. The number of aromatic nitrogens is 2. The molecule has 0 spiro atoms. The molecule has 3 aromatic carbocycles. The lowest BCUT2D eigenvalue weighted by molar-refractivity contribution is 0.153. The smallest absolute Gasteiger partial charge is 0.132 e. The van der Waals surface area contributed by atoms with E-state index in [4.69, 9.17) is 5.10 Å². The molecule has 1 aromatic heterocycles. The highest BCUT2D eigenvalue weighted by Gasteiger charge is 2.23. The molecule has 0 bridgehead atoms. The van der Waals surface area contributed by atoms with Crippen molar-refractivity contribution in [3.63, 3.8) is 0 Å². The average molecular weight is 426 g/mol. The summed E-state index contributed by atoms with van der Waals surface area (Å²) >= 11 is 0. The first-order valence-electron chi connectivity index (χ1n) is 11.4. The van der Waals surface area contributed by atoms with Gasteiger partial charge in [-0.1, -0.05) is 61.0 Å². The van der Waals surface area contributed by atoms with E-state index in [1.54, 1.807) is 6.07 Å². The predicted molar refractivity (Wildman–Crippen MR) is 128 cm³/mol. The maximum Gasteiger partial charge on any atom is 0.132 e. The van der Waals surface area contributed by atoms with E-state index in [0.29, 0.717) is 11.6 Å². The molecule has 1 saturated heterocycles. The van der Waals surface area contributed by atoms with E-state index in [1.807, 2.05) is 41.2 Å². The van der Waals surface area contributed by atoms with E-state index in [0.717, 1.165) is 35.6 Å². The normalized spacial score (nSPS) is 16.9. The molecule has 0 radical (unpaired) electrons. The first kappa shape index (κ1) is 20.7. The summed E-state index contributed by atoms with van der Waals surface area (Å²) < 4.78 is 16.8. The third-order valence-electron chi connectivity index (χ3n) is 6.51. The summed E-state index contributed by atoms with van der Waals surface area (Å²) in [6.45, 7) is 4.15. The zero-order valence-electron chi connectivity index (χ0n) is 18.4. The Labute approximate surface area is 189 Å². The summed E-state index contributed by atoms with van der Waals surface area (Å²) in [5, 5.41) is 4.72. The van der Waals surface area contributed by atoms with Gasteiger partial charge in [-0.3, -0.25) is 4.90 Å². The highest BCUT2D eigenvalue weighted by molar-refractivity contribution is 5.68. The lowest BCUT2D eigenvalue weighted by Crippen LogP contribution is -2.36. The molecular formula is C28H28FN3. The van der Waals surface area contributed by atoms with E-state index in [-0.39, 0.29) is 5.82 Å². The van der Waals surface area contributed by atoms with Crippen LogP contribution in [0.3, 0.4) is 0 Å². The molecule has 162 valence electrons. The predicted octanol–water partition coefficient (Wildman–Crippen LogP) is 6.72. The van der Waals surface area contributed by atoms with E-state index < -0.39 is 0 Å². The number of halogens is 1. The Morgan fingerprint density at radius 2 is 1.59 bits per heavy atom. The monoisotopic (exact) mass is 425 g/mol. The average Bonchev–Trinajstić information content (AvgIpc) is 3.25. The van der Waals surface area contributed by atoms with Gasteiger partial charge in [-0.15, -0.1) is 0 Å². The second-order valence-electron chi connectivity index (χ2n) is 8.64. The Bertz CT molecular complexity index is 1180. The summed E-state index contributed by atoms with van der Waals surface area (Å²) in [6, 6.07) is 26.2. The topological polar surface area (TPSA) is 21.1 Å². The molecule has 4 heteroatoms. The van der Waals surface area contributed by atoms with Crippen molar-refractivity contribution >= 4 is 0 Å². The number of benzene rings is 3. The molecular weight excluding hydrogens is 397 g/mol. The van der Waals surface area contributed by atoms with Gasteiger partial charge in [-0.25, -0.2) is 9.07 Å².